The van der Waals surface area contributed by atoms with Crippen LogP contribution >= 0.6 is 27.3 Å². The molecular formula is C11H9BrN2O3S. The van der Waals surface area contributed by atoms with Crippen molar-refractivity contribution in [2.45, 2.75) is 6.92 Å². The van der Waals surface area contributed by atoms with Gasteiger partial charge in [-0.05, 0) is 42.5 Å². The first-order valence-electron chi connectivity index (χ1n) is 5.13. The quantitative estimate of drug-likeness (QED) is 0.806. The maximum absolute atomic E-state index is 11.4. The number of nitrogens with zero attached hydrogens (tertiary/aromatic N) is 2. The number of hydrogen-bond donors (Lipinski definition) is 0. The molecule has 2 rings (SSSR count). The Balaban J connectivity index is 2.06. The molecule has 18 heavy (non-hydrogen) atoms. The molecule has 7 heteroatoms. The molecule has 0 saturated carbocycles. The molecule has 0 aliphatic rings. The van der Waals surface area contributed by atoms with Crippen LogP contribution in [0.3, 0.4) is 0 Å². The van der Waals surface area contributed by atoms with Gasteiger partial charge in [0.15, 0.2) is 0 Å². The van der Waals surface area contributed by atoms with E-state index in [1.165, 1.54) is 0 Å². The fourth-order valence-corrected chi connectivity index (χ4v) is 2.00. The summed E-state index contributed by atoms with van der Waals surface area (Å²) in [5, 5.41) is 7.97. The minimum atomic E-state index is -0.486. The van der Waals surface area contributed by atoms with E-state index in [9.17, 15) is 4.79 Å². The molecule has 0 radical (unpaired) electrons. The first-order valence-corrected chi connectivity index (χ1v) is 6.74. The fourth-order valence-electron chi connectivity index (χ4n) is 1.13. The van der Waals surface area contributed by atoms with Crippen LogP contribution < -0.4 is 4.74 Å². The summed E-state index contributed by atoms with van der Waals surface area (Å²) in [6, 6.07) is 7.27. The number of carbonyl (C=O) groups excluding carboxylic acids is 1. The van der Waals surface area contributed by atoms with Gasteiger partial charge in [0.1, 0.15) is 5.75 Å². The van der Waals surface area contributed by atoms with Crippen LogP contribution in [0.25, 0.3) is 0 Å². The summed E-state index contributed by atoms with van der Waals surface area (Å²) in [6.45, 7) is 2.04. The van der Waals surface area contributed by atoms with Crippen LogP contribution in [0.2, 0.25) is 0 Å². The zero-order valence-electron chi connectivity index (χ0n) is 9.42. The normalized spacial score (nSPS) is 10.1. The SMILES string of the molecule is CCOC(=O)c1nnc(Oc2ccc(Br)cc2)s1. The Kier molecular flexibility index (Phi) is 4.27. The molecular weight excluding hydrogens is 320 g/mol. The highest BCUT2D eigenvalue weighted by molar-refractivity contribution is 9.10. The Morgan fingerprint density at radius 1 is 1.33 bits per heavy atom. The first-order chi connectivity index (χ1) is 8.69. The van der Waals surface area contributed by atoms with Crippen molar-refractivity contribution in [1.82, 2.24) is 10.2 Å². The van der Waals surface area contributed by atoms with Crippen molar-refractivity contribution in [3.8, 4) is 10.9 Å². The van der Waals surface area contributed by atoms with E-state index in [1.54, 1.807) is 19.1 Å². The first kappa shape index (κ1) is 13.0. The molecule has 0 amide bonds. The van der Waals surface area contributed by atoms with Gasteiger partial charge in [-0.1, -0.05) is 21.0 Å². The molecule has 1 aromatic heterocycles. The standard InChI is InChI=1S/C11H9BrN2O3S/c1-2-16-10(15)9-13-14-11(18-9)17-8-5-3-7(12)4-6-8/h3-6H,2H2,1H3. The number of ether oxygens (including phenoxy) is 2. The summed E-state index contributed by atoms with van der Waals surface area (Å²) in [4.78, 5) is 11.4. The van der Waals surface area contributed by atoms with Gasteiger partial charge in [0, 0.05) is 4.47 Å². The lowest BCUT2D eigenvalue weighted by Gasteiger charge is -1.99. The van der Waals surface area contributed by atoms with Crippen LogP contribution in [0.15, 0.2) is 28.7 Å². The molecule has 1 heterocycles. The van der Waals surface area contributed by atoms with Gasteiger partial charge in [-0.3, -0.25) is 0 Å². The number of esters is 1. The lowest BCUT2D eigenvalue weighted by atomic mass is 10.3. The smallest absolute Gasteiger partial charge is 0.369 e. The van der Waals surface area contributed by atoms with Crippen molar-refractivity contribution in [1.29, 1.82) is 0 Å². The van der Waals surface area contributed by atoms with Crippen molar-refractivity contribution in [3.63, 3.8) is 0 Å². The van der Waals surface area contributed by atoms with Crippen LogP contribution in [0, 0.1) is 0 Å². The van der Waals surface area contributed by atoms with E-state index in [2.05, 4.69) is 26.1 Å². The second-order valence-corrected chi connectivity index (χ2v) is 5.01. The molecule has 5 nitrogen and oxygen atoms in total. The van der Waals surface area contributed by atoms with Gasteiger partial charge in [0.05, 0.1) is 6.61 Å². The molecule has 0 saturated heterocycles. The number of halogens is 1. The summed E-state index contributed by atoms with van der Waals surface area (Å²) < 4.78 is 11.2. The highest BCUT2D eigenvalue weighted by Crippen LogP contribution is 2.26. The van der Waals surface area contributed by atoms with Crippen molar-refractivity contribution >= 4 is 33.2 Å². The third-order valence-electron chi connectivity index (χ3n) is 1.88. The highest BCUT2D eigenvalue weighted by Gasteiger charge is 2.14. The van der Waals surface area contributed by atoms with Gasteiger partial charge in [-0.2, -0.15) is 0 Å². The molecule has 0 aliphatic carbocycles. The Hall–Kier alpha value is -1.47. The third-order valence-corrected chi connectivity index (χ3v) is 3.19. The van der Waals surface area contributed by atoms with E-state index >= 15 is 0 Å². The monoisotopic (exact) mass is 328 g/mol. The molecule has 1 aromatic carbocycles. The lowest BCUT2D eigenvalue weighted by molar-refractivity contribution is 0.0525. The molecule has 94 valence electrons. The molecule has 2 aromatic rings. The van der Waals surface area contributed by atoms with Crippen LogP contribution in [-0.2, 0) is 4.74 Å². The van der Waals surface area contributed by atoms with E-state index < -0.39 is 5.97 Å². The average molecular weight is 329 g/mol. The molecule has 0 unspecified atom stereocenters. The van der Waals surface area contributed by atoms with E-state index in [1.807, 2.05) is 12.1 Å². The predicted octanol–water partition coefficient (Wildman–Crippen LogP) is 3.27. The molecule has 0 aliphatic heterocycles. The van der Waals surface area contributed by atoms with Crippen molar-refractivity contribution in [2.24, 2.45) is 0 Å². The van der Waals surface area contributed by atoms with E-state index in [0.29, 0.717) is 17.6 Å². The van der Waals surface area contributed by atoms with Crippen molar-refractivity contribution in [2.75, 3.05) is 6.61 Å². The average Bonchev–Trinajstić information content (AvgIpc) is 2.81. The lowest BCUT2D eigenvalue weighted by Crippen LogP contribution is -2.03. The number of rotatable bonds is 4. The third kappa shape index (κ3) is 3.27. The summed E-state index contributed by atoms with van der Waals surface area (Å²) in [7, 11) is 0. The molecule has 0 fully saturated rings. The summed E-state index contributed by atoms with van der Waals surface area (Å²) in [5.74, 6) is 0.144. The van der Waals surface area contributed by atoms with E-state index in [0.717, 1.165) is 15.8 Å². The van der Waals surface area contributed by atoms with Gasteiger partial charge in [0.2, 0.25) is 5.01 Å². The largest absolute Gasteiger partial charge is 0.461 e. The number of benzene rings is 1. The number of aromatic nitrogens is 2. The van der Waals surface area contributed by atoms with E-state index in [4.69, 9.17) is 9.47 Å². The fraction of sp³-hybridized carbons (Fsp3) is 0.182. The van der Waals surface area contributed by atoms with Crippen LogP contribution in [-0.4, -0.2) is 22.8 Å². The van der Waals surface area contributed by atoms with Gasteiger partial charge < -0.3 is 9.47 Å². The Bertz CT molecular complexity index is 541. The van der Waals surface area contributed by atoms with E-state index in [-0.39, 0.29) is 5.01 Å². The maximum atomic E-state index is 11.4. The maximum Gasteiger partial charge on any atom is 0.369 e. The molecule has 0 atom stereocenters. The summed E-state index contributed by atoms with van der Waals surface area (Å²) in [5.41, 5.74) is 0. The zero-order chi connectivity index (χ0) is 13.0. The van der Waals surface area contributed by atoms with Crippen LogP contribution in [0.1, 0.15) is 16.7 Å². The van der Waals surface area contributed by atoms with Crippen LogP contribution in [0.4, 0.5) is 0 Å². The minimum Gasteiger partial charge on any atom is -0.461 e. The second-order valence-electron chi connectivity index (χ2n) is 3.15. The topological polar surface area (TPSA) is 61.3 Å². The Morgan fingerprint density at radius 3 is 2.72 bits per heavy atom. The Morgan fingerprint density at radius 2 is 2.06 bits per heavy atom. The molecule has 0 N–H and O–H groups in total. The summed E-state index contributed by atoms with van der Waals surface area (Å²) >= 11 is 4.38. The van der Waals surface area contributed by atoms with Gasteiger partial charge in [0.25, 0.3) is 5.19 Å². The van der Waals surface area contributed by atoms with Gasteiger partial charge in [-0.25, -0.2) is 4.79 Å². The minimum absolute atomic E-state index is 0.184. The second kappa shape index (κ2) is 5.92. The molecule has 0 spiro atoms. The highest BCUT2D eigenvalue weighted by atomic mass is 79.9. The number of hydrogen-bond acceptors (Lipinski definition) is 6. The summed E-state index contributed by atoms with van der Waals surface area (Å²) in [6.07, 6.45) is 0. The Labute approximate surface area is 116 Å². The van der Waals surface area contributed by atoms with Crippen molar-refractivity contribution in [3.05, 3.63) is 33.7 Å². The zero-order valence-corrected chi connectivity index (χ0v) is 11.8. The van der Waals surface area contributed by atoms with Gasteiger partial charge >= 0.3 is 5.97 Å². The molecule has 0 bridgehead atoms. The van der Waals surface area contributed by atoms with Gasteiger partial charge in [-0.15, -0.1) is 5.10 Å². The van der Waals surface area contributed by atoms with Crippen molar-refractivity contribution < 1.29 is 14.3 Å². The number of carbonyl (C=O) groups is 1. The predicted molar refractivity (Wildman–Crippen MR) is 70.1 cm³/mol. The van der Waals surface area contributed by atoms with Crippen LogP contribution in [0.5, 0.6) is 10.9 Å².